The molecule has 0 aromatic rings. The van der Waals surface area contributed by atoms with Crippen molar-refractivity contribution in [3.63, 3.8) is 0 Å². The van der Waals surface area contributed by atoms with Crippen LogP contribution in [0.15, 0.2) is 0 Å². The summed E-state index contributed by atoms with van der Waals surface area (Å²) in [5.74, 6) is -0.854. The molecule has 0 aliphatic heterocycles. The van der Waals surface area contributed by atoms with Gasteiger partial charge in [-0.1, -0.05) is 278 Å². The summed E-state index contributed by atoms with van der Waals surface area (Å²) in [5, 5.41) is 0. The van der Waals surface area contributed by atoms with Crippen LogP contribution in [0.4, 0.5) is 0 Å². The van der Waals surface area contributed by atoms with Crippen LogP contribution in [0.25, 0.3) is 0 Å². The Balaban J connectivity index is 4.05. The van der Waals surface area contributed by atoms with E-state index in [1.807, 2.05) is 0 Å². The van der Waals surface area contributed by atoms with Crippen molar-refractivity contribution in [2.24, 2.45) is 0 Å². The molecule has 0 heterocycles. The van der Waals surface area contributed by atoms with E-state index >= 15 is 0 Å². The molecular weight excluding hydrogens is 757 g/mol. The van der Waals surface area contributed by atoms with Crippen LogP contribution in [0, 0.1) is 0 Å². The third-order valence-electron chi connectivity index (χ3n) is 12.6. The van der Waals surface area contributed by atoms with Crippen molar-refractivity contribution in [2.45, 2.75) is 322 Å². The highest BCUT2D eigenvalue weighted by molar-refractivity contribution is 5.71. The van der Waals surface area contributed by atoms with E-state index in [0.29, 0.717) is 19.3 Å². The van der Waals surface area contributed by atoms with Crippen molar-refractivity contribution < 1.29 is 28.6 Å². The zero-order valence-electron chi connectivity index (χ0n) is 41.5. The van der Waals surface area contributed by atoms with Gasteiger partial charge in [0.2, 0.25) is 0 Å². The van der Waals surface area contributed by atoms with E-state index in [-0.39, 0.29) is 31.1 Å². The van der Waals surface area contributed by atoms with Gasteiger partial charge >= 0.3 is 17.9 Å². The minimum absolute atomic E-state index is 0.0628. The zero-order chi connectivity index (χ0) is 44.4. The zero-order valence-corrected chi connectivity index (χ0v) is 41.5. The smallest absolute Gasteiger partial charge is 0.306 e. The molecule has 1 unspecified atom stereocenters. The van der Waals surface area contributed by atoms with E-state index in [2.05, 4.69) is 20.8 Å². The van der Waals surface area contributed by atoms with Gasteiger partial charge in [-0.3, -0.25) is 14.4 Å². The van der Waals surface area contributed by atoms with Crippen molar-refractivity contribution in [2.75, 3.05) is 13.2 Å². The average molecular weight is 863 g/mol. The molecule has 1 atom stereocenters. The van der Waals surface area contributed by atoms with Gasteiger partial charge in [-0.05, 0) is 19.3 Å². The second-order valence-electron chi connectivity index (χ2n) is 18.9. The number of carbonyl (C=O) groups is 3. The molecule has 0 saturated heterocycles. The van der Waals surface area contributed by atoms with E-state index in [1.165, 1.54) is 212 Å². The summed E-state index contributed by atoms with van der Waals surface area (Å²) in [5.41, 5.74) is 0. The summed E-state index contributed by atoms with van der Waals surface area (Å²) in [6.07, 6.45) is 55.6. The molecule has 0 saturated carbocycles. The number of rotatable bonds is 51. The normalized spacial score (nSPS) is 11.9. The SMILES string of the molecule is CCCCCCCCCCCCCCCCCCCCCCC(=O)OCC(COC(=O)CCCCCCC)OC(=O)CCCCCCCCCCCCCCCCCCCC. The lowest BCUT2D eigenvalue weighted by atomic mass is 10.0. The molecule has 0 aromatic carbocycles. The average Bonchev–Trinajstić information content (AvgIpc) is 3.26. The first-order valence-electron chi connectivity index (χ1n) is 27.5. The van der Waals surface area contributed by atoms with Crippen LogP contribution in [0.5, 0.6) is 0 Å². The maximum Gasteiger partial charge on any atom is 0.306 e. The van der Waals surface area contributed by atoms with Crippen molar-refractivity contribution in [1.82, 2.24) is 0 Å². The van der Waals surface area contributed by atoms with E-state index in [9.17, 15) is 14.4 Å². The maximum absolute atomic E-state index is 12.8. The standard InChI is InChI=1S/C55H106O6/c1-4-7-10-13-15-17-19-21-23-25-27-28-30-31-33-35-37-39-42-45-48-54(57)60-51-52(50-59-53(56)47-44-41-12-9-6-3)61-55(58)49-46-43-40-38-36-34-32-29-26-24-22-20-18-16-14-11-8-5-2/h52H,4-51H2,1-3H3. The largest absolute Gasteiger partial charge is 0.462 e. The molecule has 61 heavy (non-hydrogen) atoms. The second-order valence-corrected chi connectivity index (χ2v) is 18.9. The number of unbranched alkanes of at least 4 members (excludes halogenated alkanes) is 40. The quantitative estimate of drug-likeness (QED) is 0.0344. The summed E-state index contributed by atoms with van der Waals surface area (Å²) in [7, 11) is 0. The van der Waals surface area contributed by atoms with Crippen molar-refractivity contribution >= 4 is 17.9 Å². The fourth-order valence-corrected chi connectivity index (χ4v) is 8.45. The molecule has 0 spiro atoms. The Bertz CT molecular complexity index is 905. The van der Waals surface area contributed by atoms with Crippen LogP contribution in [-0.2, 0) is 28.6 Å². The molecule has 0 radical (unpaired) electrons. The molecule has 362 valence electrons. The number of carbonyl (C=O) groups excluding carboxylic acids is 3. The molecular formula is C55H106O6. The first-order chi connectivity index (χ1) is 30.0. The van der Waals surface area contributed by atoms with Gasteiger partial charge in [-0.25, -0.2) is 0 Å². The Kier molecular flexibility index (Phi) is 49.7. The predicted octanol–water partition coefficient (Wildman–Crippen LogP) is 18.0. The molecule has 0 aromatic heterocycles. The molecule has 6 heteroatoms. The topological polar surface area (TPSA) is 78.9 Å². The Morgan fingerprint density at radius 2 is 0.443 bits per heavy atom. The monoisotopic (exact) mass is 863 g/mol. The Labute approximate surface area is 380 Å². The third kappa shape index (κ3) is 49.3. The second kappa shape index (κ2) is 51.0. The lowest BCUT2D eigenvalue weighted by Crippen LogP contribution is -2.30. The lowest BCUT2D eigenvalue weighted by Gasteiger charge is -2.18. The van der Waals surface area contributed by atoms with Gasteiger partial charge in [0.1, 0.15) is 13.2 Å². The first-order valence-corrected chi connectivity index (χ1v) is 27.5. The predicted molar refractivity (Wildman–Crippen MR) is 261 cm³/mol. The summed E-state index contributed by atoms with van der Waals surface area (Å²) in [4.78, 5) is 37.7. The van der Waals surface area contributed by atoms with Gasteiger partial charge in [0.05, 0.1) is 0 Å². The highest BCUT2D eigenvalue weighted by Gasteiger charge is 2.19. The molecule has 0 N–H and O–H groups in total. The van der Waals surface area contributed by atoms with Crippen LogP contribution in [-0.4, -0.2) is 37.2 Å². The van der Waals surface area contributed by atoms with Gasteiger partial charge in [0.25, 0.3) is 0 Å². The molecule has 0 bridgehead atoms. The Morgan fingerprint density at radius 1 is 0.262 bits per heavy atom. The van der Waals surface area contributed by atoms with E-state index in [0.717, 1.165) is 64.2 Å². The molecule has 0 rings (SSSR count). The molecule has 0 aliphatic carbocycles. The number of ether oxygens (including phenoxy) is 3. The number of hydrogen-bond donors (Lipinski definition) is 0. The maximum atomic E-state index is 12.8. The van der Waals surface area contributed by atoms with Gasteiger partial charge in [-0.15, -0.1) is 0 Å². The number of hydrogen-bond acceptors (Lipinski definition) is 6. The first kappa shape index (κ1) is 59.4. The lowest BCUT2D eigenvalue weighted by molar-refractivity contribution is -0.167. The van der Waals surface area contributed by atoms with Crippen LogP contribution < -0.4 is 0 Å². The molecule has 0 amide bonds. The van der Waals surface area contributed by atoms with Gasteiger partial charge < -0.3 is 14.2 Å². The van der Waals surface area contributed by atoms with Crippen molar-refractivity contribution in [3.05, 3.63) is 0 Å². The van der Waals surface area contributed by atoms with Crippen molar-refractivity contribution in [3.8, 4) is 0 Å². The van der Waals surface area contributed by atoms with Crippen LogP contribution in [0.2, 0.25) is 0 Å². The molecule has 0 aliphatic rings. The summed E-state index contributed by atoms with van der Waals surface area (Å²) in [6, 6.07) is 0. The van der Waals surface area contributed by atoms with E-state index < -0.39 is 6.10 Å². The number of esters is 3. The van der Waals surface area contributed by atoms with Crippen molar-refractivity contribution in [1.29, 1.82) is 0 Å². The minimum Gasteiger partial charge on any atom is -0.462 e. The van der Waals surface area contributed by atoms with Crippen LogP contribution in [0.1, 0.15) is 316 Å². The highest BCUT2D eigenvalue weighted by atomic mass is 16.6. The Hall–Kier alpha value is -1.59. The third-order valence-corrected chi connectivity index (χ3v) is 12.6. The summed E-state index contributed by atoms with van der Waals surface area (Å²) in [6.45, 7) is 6.62. The fourth-order valence-electron chi connectivity index (χ4n) is 8.45. The summed E-state index contributed by atoms with van der Waals surface area (Å²) < 4.78 is 16.7. The van der Waals surface area contributed by atoms with Crippen LogP contribution in [0.3, 0.4) is 0 Å². The van der Waals surface area contributed by atoms with Gasteiger partial charge in [0.15, 0.2) is 6.10 Å². The van der Waals surface area contributed by atoms with Gasteiger partial charge in [-0.2, -0.15) is 0 Å². The van der Waals surface area contributed by atoms with Gasteiger partial charge in [0, 0.05) is 19.3 Å². The molecule has 0 fully saturated rings. The summed E-state index contributed by atoms with van der Waals surface area (Å²) >= 11 is 0. The fraction of sp³-hybridized carbons (Fsp3) is 0.945. The molecule has 6 nitrogen and oxygen atoms in total. The van der Waals surface area contributed by atoms with E-state index in [4.69, 9.17) is 14.2 Å². The highest BCUT2D eigenvalue weighted by Crippen LogP contribution is 2.17. The Morgan fingerprint density at radius 3 is 0.656 bits per heavy atom. The van der Waals surface area contributed by atoms with E-state index in [1.54, 1.807) is 0 Å². The minimum atomic E-state index is -0.758. The van der Waals surface area contributed by atoms with Crippen LogP contribution >= 0.6 is 0 Å².